The van der Waals surface area contributed by atoms with E-state index < -0.39 is 0 Å². The van der Waals surface area contributed by atoms with Crippen LogP contribution >= 0.6 is 0 Å². The molecule has 1 amide bonds. The van der Waals surface area contributed by atoms with Crippen LogP contribution in [0.5, 0.6) is 0 Å². The number of nitrogens with zero attached hydrogens (tertiary/aromatic N) is 4. The van der Waals surface area contributed by atoms with Gasteiger partial charge >= 0.3 is 0 Å². The Hall–Kier alpha value is -2.95. The molecule has 3 heterocycles. The van der Waals surface area contributed by atoms with E-state index in [-0.39, 0.29) is 11.9 Å². The van der Waals surface area contributed by atoms with Crippen molar-refractivity contribution in [3.05, 3.63) is 78.5 Å². The lowest BCUT2D eigenvalue weighted by Gasteiger charge is -2.47. The maximum Gasteiger partial charge on any atom is 0.254 e. The second-order valence-electron chi connectivity index (χ2n) is 6.16. The van der Waals surface area contributed by atoms with E-state index in [1.165, 1.54) is 5.56 Å². The summed E-state index contributed by atoms with van der Waals surface area (Å²) in [4.78, 5) is 23.2. The summed E-state index contributed by atoms with van der Waals surface area (Å²) >= 11 is 0. The minimum atomic E-state index is 0.0470. The number of carbonyl (C=O) groups excluding carboxylic acids is 1. The molecule has 0 radical (unpaired) electrons. The van der Waals surface area contributed by atoms with Gasteiger partial charge in [-0.25, -0.2) is 9.97 Å². The molecule has 1 aliphatic rings. The third-order valence-corrected chi connectivity index (χ3v) is 4.52. The van der Waals surface area contributed by atoms with Gasteiger partial charge in [0.1, 0.15) is 12.1 Å². The van der Waals surface area contributed by atoms with Gasteiger partial charge in [0, 0.05) is 30.7 Å². The fourth-order valence-corrected chi connectivity index (χ4v) is 3.31. The Morgan fingerprint density at radius 1 is 1.17 bits per heavy atom. The van der Waals surface area contributed by atoms with Gasteiger partial charge in [0.05, 0.1) is 6.04 Å². The zero-order valence-electron chi connectivity index (χ0n) is 13.4. The molecule has 5 nitrogen and oxygen atoms in total. The van der Waals surface area contributed by atoms with Crippen molar-refractivity contribution >= 4 is 5.91 Å². The Kier molecular flexibility index (Phi) is 3.61. The summed E-state index contributed by atoms with van der Waals surface area (Å²) in [5, 5.41) is 0. The van der Waals surface area contributed by atoms with E-state index in [4.69, 9.17) is 0 Å². The van der Waals surface area contributed by atoms with E-state index in [1.807, 2.05) is 35.4 Å². The molecule has 1 aliphatic heterocycles. The normalized spacial score (nSPS) is 19.8. The molecule has 120 valence electrons. The van der Waals surface area contributed by atoms with E-state index in [9.17, 15) is 4.79 Å². The first-order chi connectivity index (χ1) is 11.7. The number of hydrogen-bond donors (Lipinski definition) is 0. The van der Waals surface area contributed by atoms with Crippen LogP contribution < -0.4 is 0 Å². The quantitative estimate of drug-likeness (QED) is 0.745. The highest BCUT2D eigenvalue weighted by Gasteiger charge is 2.40. The summed E-state index contributed by atoms with van der Waals surface area (Å²) in [6.45, 7) is 2.96. The zero-order valence-corrected chi connectivity index (χ0v) is 13.4. The summed E-state index contributed by atoms with van der Waals surface area (Å²) in [5.74, 6) is 1.21. The largest absolute Gasteiger partial charge is 0.331 e. The fraction of sp³-hybridized carbons (Fsp3) is 0.211. The number of carbonyl (C=O) groups is 1. The highest BCUT2D eigenvalue weighted by Crippen LogP contribution is 2.39. The van der Waals surface area contributed by atoms with Gasteiger partial charge in [0.15, 0.2) is 0 Å². The molecule has 2 aromatic heterocycles. The van der Waals surface area contributed by atoms with Gasteiger partial charge in [-0.15, -0.1) is 0 Å². The molecule has 0 spiro atoms. The Balaban J connectivity index is 1.61. The average Bonchev–Trinajstić information content (AvgIpc) is 3.15. The third-order valence-electron chi connectivity index (χ3n) is 4.52. The number of hydrogen-bond acceptors (Lipinski definition) is 3. The van der Waals surface area contributed by atoms with Crippen molar-refractivity contribution < 1.29 is 4.79 Å². The summed E-state index contributed by atoms with van der Waals surface area (Å²) in [5.41, 5.74) is 1.84. The van der Waals surface area contributed by atoms with Gasteiger partial charge in [0.25, 0.3) is 5.91 Å². The Bertz CT molecular complexity index is 845. The molecule has 4 rings (SSSR count). The number of amides is 1. The van der Waals surface area contributed by atoms with Crippen LogP contribution in [0.4, 0.5) is 0 Å². The minimum Gasteiger partial charge on any atom is -0.331 e. The van der Waals surface area contributed by atoms with Crippen molar-refractivity contribution in [3.8, 4) is 5.82 Å². The molecule has 0 N–H and O–H groups in total. The van der Waals surface area contributed by atoms with Gasteiger partial charge in [-0.05, 0) is 23.6 Å². The molecule has 0 saturated carbocycles. The van der Waals surface area contributed by atoms with Gasteiger partial charge in [0.2, 0.25) is 0 Å². The molecular weight excluding hydrogens is 300 g/mol. The highest BCUT2D eigenvalue weighted by atomic mass is 16.2. The van der Waals surface area contributed by atoms with Gasteiger partial charge in [-0.3, -0.25) is 9.36 Å². The molecule has 24 heavy (non-hydrogen) atoms. The number of pyridine rings is 1. The zero-order chi connectivity index (χ0) is 16.5. The van der Waals surface area contributed by atoms with Gasteiger partial charge < -0.3 is 4.90 Å². The van der Waals surface area contributed by atoms with Crippen LogP contribution in [-0.4, -0.2) is 31.9 Å². The smallest absolute Gasteiger partial charge is 0.254 e. The maximum absolute atomic E-state index is 13.0. The second-order valence-corrected chi connectivity index (χ2v) is 6.16. The predicted molar refractivity (Wildman–Crippen MR) is 90.7 cm³/mol. The van der Waals surface area contributed by atoms with Crippen molar-refractivity contribution in [2.75, 3.05) is 6.54 Å². The van der Waals surface area contributed by atoms with Crippen LogP contribution in [0.15, 0.2) is 67.4 Å². The molecule has 2 atom stereocenters. The van der Waals surface area contributed by atoms with Crippen LogP contribution in [0.2, 0.25) is 0 Å². The van der Waals surface area contributed by atoms with Crippen LogP contribution in [-0.2, 0) is 0 Å². The standard InChI is InChI=1S/C19H18N4O/c1-14-12-23(18(14)15-5-3-2-4-6-15)19(24)16-7-8-21-17(11-16)22-10-9-20-13-22/h2-11,13-14,18H,12H2,1H3. The number of rotatable bonds is 3. The van der Waals surface area contributed by atoms with Crippen LogP contribution in [0.25, 0.3) is 5.82 Å². The summed E-state index contributed by atoms with van der Waals surface area (Å²) < 4.78 is 1.80. The molecule has 5 heteroatoms. The average molecular weight is 318 g/mol. The molecular formula is C19H18N4O. The fourth-order valence-electron chi connectivity index (χ4n) is 3.31. The first-order valence-electron chi connectivity index (χ1n) is 8.04. The van der Waals surface area contributed by atoms with Crippen LogP contribution in [0.1, 0.15) is 28.9 Å². The molecule has 0 bridgehead atoms. The van der Waals surface area contributed by atoms with E-state index in [0.717, 1.165) is 6.54 Å². The van der Waals surface area contributed by atoms with Gasteiger partial charge in [-0.2, -0.15) is 0 Å². The molecule has 1 aromatic carbocycles. The lowest BCUT2D eigenvalue weighted by molar-refractivity contribution is 0.0197. The summed E-state index contributed by atoms with van der Waals surface area (Å²) in [7, 11) is 0. The monoisotopic (exact) mass is 318 g/mol. The molecule has 2 unspecified atom stereocenters. The number of imidazole rings is 1. The predicted octanol–water partition coefficient (Wildman–Crippen LogP) is 3.10. The lowest BCUT2D eigenvalue weighted by atomic mass is 9.84. The summed E-state index contributed by atoms with van der Waals surface area (Å²) in [6, 6.07) is 13.9. The van der Waals surface area contributed by atoms with E-state index in [0.29, 0.717) is 17.3 Å². The van der Waals surface area contributed by atoms with Crippen molar-refractivity contribution in [1.29, 1.82) is 0 Å². The Labute approximate surface area is 140 Å². The third kappa shape index (κ3) is 2.48. The second kappa shape index (κ2) is 5.92. The minimum absolute atomic E-state index is 0.0470. The number of aromatic nitrogens is 3. The summed E-state index contributed by atoms with van der Waals surface area (Å²) in [6.07, 6.45) is 6.85. The van der Waals surface area contributed by atoms with Crippen molar-refractivity contribution in [2.24, 2.45) is 5.92 Å². The first-order valence-corrected chi connectivity index (χ1v) is 8.04. The lowest BCUT2D eigenvalue weighted by Crippen LogP contribution is -2.51. The molecule has 0 aliphatic carbocycles. The van der Waals surface area contributed by atoms with Gasteiger partial charge in [-0.1, -0.05) is 37.3 Å². The Morgan fingerprint density at radius 2 is 2.00 bits per heavy atom. The van der Waals surface area contributed by atoms with Crippen molar-refractivity contribution in [2.45, 2.75) is 13.0 Å². The van der Waals surface area contributed by atoms with Crippen molar-refractivity contribution in [3.63, 3.8) is 0 Å². The van der Waals surface area contributed by atoms with E-state index in [2.05, 4.69) is 29.0 Å². The highest BCUT2D eigenvalue weighted by molar-refractivity contribution is 5.95. The maximum atomic E-state index is 13.0. The molecule has 3 aromatic rings. The molecule has 1 saturated heterocycles. The van der Waals surface area contributed by atoms with Crippen LogP contribution in [0, 0.1) is 5.92 Å². The van der Waals surface area contributed by atoms with E-state index in [1.54, 1.807) is 29.4 Å². The topological polar surface area (TPSA) is 51.0 Å². The SMILES string of the molecule is CC1CN(C(=O)c2ccnc(-n3ccnc3)c2)C1c1ccccc1. The van der Waals surface area contributed by atoms with Crippen molar-refractivity contribution in [1.82, 2.24) is 19.4 Å². The van der Waals surface area contributed by atoms with E-state index >= 15 is 0 Å². The number of benzene rings is 1. The first kappa shape index (κ1) is 14.6. The van der Waals surface area contributed by atoms with Crippen LogP contribution in [0.3, 0.4) is 0 Å². The Morgan fingerprint density at radius 3 is 2.71 bits per heavy atom. The number of likely N-dealkylation sites (tertiary alicyclic amines) is 1. The molecule has 1 fully saturated rings.